The van der Waals surface area contributed by atoms with E-state index in [4.69, 9.17) is 21.1 Å². The topological polar surface area (TPSA) is 81.0 Å². The van der Waals surface area contributed by atoms with Crippen LogP contribution in [0, 0.1) is 5.41 Å². The fourth-order valence-corrected chi connectivity index (χ4v) is 4.09. The van der Waals surface area contributed by atoms with Crippen molar-refractivity contribution in [3.63, 3.8) is 0 Å². The van der Waals surface area contributed by atoms with Gasteiger partial charge in [0, 0.05) is 23.2 Å². The summed E-state index contributed by atoms with van der Waals surface area (Å²) < 4.78 is 13.1. The van der Waals surface area contributed by atoms with Crippen molar-refractivity contribution in [1.82, 2.24) is 4.68 Å². The van der Waals surface area contributed by atoms with Crippen molar-refractivity contribution < 1.29 is 19.4 Å². The monoisotopic (exact) mass is 446 g/mol. The van der Waals surface area contributed by atoms with Crippen molar-refractivity contribution in [3.05, 3.63) is 50.8 Å². The van der Waals surface area contributed by atoms with Gasteiger partial charge in [0.1, 0.15) is 11.3 Å². The van der Waals surface area contributed by atoms with E-state index in [1.807, 2.05) is 6.07 Å². The molecule has 8 heteroatoms. The molecular formula is C23H27ClN2O5. The lowest BCUT2D eigenvalue weighted by molar-refractivity contribution is -0.120. The number of aromatic nitrogens is 1. The van der Waals surface area contributed by atoms with Gasteiger partial charge in [-0.3, -0.25) is 9.47 Å². The Balaban J connectivity index is 1.82. The van der Waals surface area contributed by atoms with Crippen LogP contribution in [0.2, 0.25) is 5.02 Å². The highest BCUT2D eigenvalue weighted by Crippen LogP contribution is 2.40. The lowest BCUT2D eigenvalue weighted by Gasteiger charge is -2.45. The average molecular weight is 447 g/mol. The third-order valence-corrected chi connectivity index (χ3v) is 6.61. The average Bonchev–Trinajstić information content (AvgIpc) is 2.69. The van der Waals surface area contributed by atoms with Crippen LogP contribution in [0.25, 0.3) is 11.3 Å². The molecule has 1 saturated heterocycles. The van der Waals surface area contributed by atoms with Gasteiger partial charge in [0.2, 0.25) is 0 Å². The van der Waals surface area contributed by atoms with Gasteiger partial charge in [-0.2, -0.15) is 0 Å². The van der Waals surface area contributed by atoms with E-state index in [9.17, 15) is 14.7 Å². The predicted molar refractivity (Wildman–Crippen MR) is 119 cm³/mol. The minimum atomic E-state index is -1.24. The van der Waals surface area contributed by atoms with E-state index >= 15 is 0 Å². The van der Waals surface area contributed by atoms with E-state index in [0.29, 0.717) is 42.8 Å². The molecule has 31 heavy (non-hydrogen) atoms. The van der Waals surface area contributed by atoms with Crippen LogP contribution in [-0.4, -0.2) is 41.1 Å². The zero-order valence-corrected chi connectivity index (χ0v) is 19.0. The van der Waals surface area contributed by atoms with Crippen molar-refractivity contribution in [2.24, 2.45) is 5.41 Å². The van der Waals surface area contributed by atoms with Crippen LogP contribution in [0.4, 0.5) is 0 Å². The molecule has 7 nitrogen and oxygen atoms in total. The van der Waals surface area contributed by atoms with Gasteiger partial charge in [-0.25, -0.2) is 4.79 Å². The second kappa shape index (κ2) is 7.57. The van der Waals surface area contributed by atoms with Gasteiger partial charge < -0.3 is 19.6 Å². The first-order valence-electron chi connectivity index (χ1n) is 10.4. The summed E-state index contributed by atoms with van der Waals surface area (Å²) in [6, 6.07) is 5.11. The normalized spacial score (nSPS) is 16.9. The molecular weight excluding hydrogens is 420 g/mol. The Kier molecular flexibility index (Phi) is 5.30. The molecule has 4 rings (SSSR count). The molecule has 1 aromatic carbocycles. The molecule has 0 radical (unpaired) electrons. The van der Waals surface area contributed by atoms with E-state index < -0.39 is 11.4 Å². The van der Waals surface area contributed by atoms with Gasteiger partial charge in [-0.15, -0.1) is 0 Å². The number of hydrogen-bond acceptors (Lipinski definition) is 5. The molecule has 0 amide bonds. The van der Waals surface area contributed by atoms with Crippen molar-refractivity contribution in [1.29, 1.82) is 0 Å². The lowest BCUT2D eigenvalue weighted by Crippen LogP contribution is -2.52. The largest absolute Gasteiger partial charge is 0.491 e. The van der Waals surface area contributed by atoms with Gasteiger partial charge in [-0.05, 0) is 38.0 Å². The summed E-state index contributed by atoms with van der Waals surface area (Å²) in [5, 5.41) is 12.0. The summed E-state index contributed by atoms with van der Waals surface area (Å²) >= 11 is 6.54. The van der Waals surface area contributed by atoms with Crippen molar-refractivity contribution in [2.75, 3.05) is 24.8 Å². The number of rotatable bonds is 6. The number of pyridine rings is 1. The number of fused-ring (bicyclic) bond motifs is 3. The molecule has 3 heterocycles. The van der Waals surface area contributed by atoms with Crippen molar-refractivity contribution in [2.45, 2.75) is 46.2 Å². The van der Waals surface area contributed by atoms with Gasteiger partial charge in [0.05, 0.1) is 42.6 Å². The van der Waals surface area contributed by atoms with Crippen LogP contribution in [-0.2, 0) is 11.3 Å². The number of benzene rings is 1. The molecule has 0 bridgehead atoms. The highest BCUT2D eigenvalue weighted by Gasteiger charge is 2.35. The Bertz CT molecular complexity index is 1100. The molecule has 0 unspecified atom stereocenters. The number of aromatic carboxylic acids is 1. The molecule has 0 spiro atoms. The van der Waals surface area contributed by atoms with Gasteiger partial charge in [0.25, 0.3) is 0 Å². The van der Waals surface area contributed by atoms with Crippen LogP contribution < -0.4 is 15.2 Å². The summed E-state index contributed by atoms with van der Waals surface area (Å²) in [7, 11) is 0. The van der Waals surface area contributed by atoms with Crippen LogP contribution in [0.3, 0.4) is 0 Å². The van der Waals surface area contributed by atoms with E-state index in [-0.39, 0.29) is 16.5 Å². The Morgan fingerprint density at radius 2 is 2.03 bits per heavy atom. The number of carboxylic acids is 1. The SMILES string of the molecule is CCC(C)(C)N1Cc2cc(OCC3(C)COC3)c(Cl)cc2-c2cc(=O)c(C(=O)O)cn21. The second-order valence-corrected chi connectivity index (χ2v) is 9.75. The molecule has 0 saturated carbocycles. The Morgan fingerprint density at radius 3 is 2.61 bits per heavy atom. The summed E-state index contributed by atoms with van der Waals surface area (Å²) in [6.07, 6.45) is 2.24. The molecule has 1 fully saturated rings. The first-order chi connectivity index (χ1) is 14.5. The summed E-state index contributed by atoms with van der Waals surface area (Å²) in [6.45, 7) is 10.7. The summed E-state index contributed by atoms with van der Waals surface area (Å²) in [4.78, 5) is 24.1. The fraction of sp³-hybridized carbons (Fsp3) is 0.478. The predicted octanol–water partition coefficient (Wildman–Crippen LogP) is 3.92. The van der Waals surface area contributed by atoms with Crippen molar-refractivity contribution in [3.8, 4) is 17.0 Å². The van der Waals surface area contributed by atoms with Gasteiger partial charge >= 0.3 is 5.97 Å². The highest BCUT2D eigenvalue weighted by atomic mass is 35.5. The molecule has 0 aliphatic carbocycles. The molecule has 166 valence electrons. The summed E-state index contributed by atoms with van der Waals surface area (Å²) in [5.41, 5.74) is 1.30. The minimum absolute atomic E-state index is 0.0113. The molecule has 2 aliphatic heterocycles. The fourth-order valence-electron chi connectivity index (χ4n) is 3.87. The Labute approximate surface area is 186 Å². The van der Waals surface area contributed by atoms with Crippen LogP contribution in [0.1, 0.15) is 50.0 Å². The van der Waals surface area contributed by atoms with Crippen LogP contribution >= 0.6 is 11.6 Å². The van der Waals surface area contributed by atoms with Gasteiger partial charge in [-0.1, -0.05) is 25.4 Å². The van der Waals surface area contributed by atoms with E-state index in [0.717, 1.165) is 17.5 Å². The molecule has 2 aliphatic rings. The first-order valence-corrected chi connectivity index (χ1v) is 10.7. The second-order valence-electron chi connectivity index (χ2n) is 9.34. The number of halogens is 1. The van der Waals surface area contributed by atoms with Crippen LogP contribution in [0.15, 0.2) is 29.2 Å². The molecule has 2 aromatic rings. The number of carbonyl (C=O) groups is 1. The lowest BCUT2D eigenvalue weighted by atomic mass is 9.90. The van der Waals surface area contributed by atoms with Gasteiger partial charge in [0.15, 0.2) is 5.43 Å². The zero-order valence-electron chi connectivity index (χ0n) is 18.2. The molecule has 1 N–H and O–H groups in total. The third-order valence-electron chi connectivity index (χ3n) is 6.32. The van der Waals surface area contributed by atoms with E-state index in [1.54, 1.807) is 10.7 Å². The first kappa shape index (κ1) is 21.7. The van der Waals surface area contributed by atoms with E-state index in [1.165, 1.54) is 12.3 Å². The van der Waals surface area contributed by atoms with Crippen LogP contribution in [0.5, 0.6) is 5.75 Å². The number of nitrogens with zero attached hydrogens (tertiary/aromatic N) is 2. The quantitative estimate of drug-likeness (QED) is 0.724. The Hall–Kier alpha value is -2.51. The third kappa shape index (κ3) is 3.81. The molecule has 0 atom stereocenters. The smallest absolute Gasteiger partial charge is 0.341 e. The number of carboxylic acid groups (broad SMARTS) is 1. The minimum Gasteiger partial charge on any atom is -0.491 e. The number of hydrogen-bond donors (Lipinski definition) is 1. The van der Waals surface area contributed by atoms with Crippen molar-refractivity contribution >= 4 is 17.6 Å². The summed E-state index contributed by atoms with van der Waals surface area (Å²) in [5.74, 6) is -0.642. The maximum absolute atomic E-state index is 12.5. The van der Waals surface area contributed by atoms with E-state index in [2.05, 4.69) is 32.7 Å². The maximum atomic E-state index is 12.5. The zero-order chi connectivity index (χ0) is 22.6. The maximum Gasteiger partial charge on any atom is 0.341 e. The standard InChI is InChI=1S/C23H27ClN2O5/c1-5-22(2,3)26-9-14-6-20(31-13-23(4)11-30-12-23)17(24)7-15(14)18-8-19(27)16(21(28)29)10-25(18)26/h6-8,10H,5,9,11-13H2,1-4H3,(H,28,29). The number of ether oxygens (including phenoxy) is 2. The molecule has 1 aromatic heterocycles. The Morgan fingerprint density at radius 1 is 1.32 bits per heavy atom. The highest BCUT2D eigenvalue weighted by molar-refractivity contribution is 6.32.